The Morgan fingerprint density at radius 1 is 1.21 bits per heavy atom. The molecule has 0 saturated carbocycles. The monoisotopic (exact) mass is 523 g/mol. The normalized spacial score (nSPS) is 16.3. The van der Waals surface area contributed by atoms with Crippen LogP contribution in [0.25, 0.3) is 11.0 Å². The van der Waals surface area contributed by atoms with Crippen molar-refractivity contribution in [2.24, 2.45) is 0 Å². The number of aromatic nitrogens is 3. The van der Waals surface area contributed by atoms with E-state index in [1.807, 2.05) is 45.0 Å². The van der Waals surface area contributed by atoms with Crippen molar-refractivity contribution in [1.29, 1.82) is 0 Å². The molecule has 0 radical (unpaired) electrons. The van der Waals surface area contributed by atoms with E-state index in [1.165, 1.54) is 7.11 Å². The van der Waals surface area contributed by atoms with E-state index in [1.54, 1.807) is 34.9 Å². The van der Waals surface area contributed by atoms with Crippen molar-refractivity contribution >= 4 is 22.8 Å². The maximum absolute atomic E-state index is 14.1. The molecule has 0 bridgehead atoms. The third kappa shape index (κ3) is 6.07. The number of hydrogen-bond acceptors (Lipinski definition) is 7. The van der Waals surface area contributed by atoms with Crippen LogP contribution in [0.3, 0.4) is 0 Å². The second-order valence-electron chi connectivity index (χ2n) is 10.2. The van der Waals surface area contributed by atoms with Crippen LogP contribution in [0.1, 0.15) is 51.6 Å². The first kappa shape index (κ1) is 27.4. The maximum Gasteiger partial charge on any atom is 0.248 e. The minimum absolute atomic E-state index is 0.0767. The van der Waals surface area contributed by atoms with E-state index in [0.29, 0.717) is 29.2 Å². The lowest BCUT2D eigenvalue weighted by atomic mass is 9.97. The molecular weight excluding hydrogens is 486 g/mol. The molecule has 38 heavy (non-hydrogen) atoms. The number of amides is 2. The van der Waals surface area contributed by atoms with Gasteiger partial charge in [-0.15, -0.1) is 5.10 Å². The summed E-state index contributed by atoms with van der Waals surface area (Å²) in [5.41, 5.74) is 1.53. The summed E-state index contributed by atoms with van der Waals surface area (Å²) in [5.74, 6) is 0.471. The van der Waals surface area contributed by atoms with E-state index < -0.39 is 11.6 Å². The van der Waals surface area contributed by atoms with Crippen LogP contribution in [0, 0.1) is 0 Å². The van der Waals surface area contributed by atoms with Crippen LogP contribution in [0.15, 0.2) is 42.5 Å². The zero-order valence-corrected chi connectivity index (χ0v) is 22.8. The highest BCUT2D eigenvalue weighted by molar-refractivity contribution is 5.90. The van der Waals surface area contributed by atoms with Gasteiger partial charge in [0.2, 0.25) is 11.8 Å². The number of para-hydroxylation sites is 1. The van der Waals surface area contributed by atoms with E-state index in [4.69, 9.17) is 14.2 Å². The van der Waals surface area contributed by atoms with Gasteiger partial charge in [-0.2, -0.15) is 0 Å². The fourth-order valence-electron chi connectivity index (χ4n) is 4.60. The second-order valence-corrected chi connectivity index (χ2v) is 10.2. The molecule has 1 aliphatic rings. The first-order valence-electron chi connectivity index (χ1n) is 13.0. The molecule has 2 aromatic carbocycles. The quantitative estimate of drug-likeness (QED) is 0.410. The Balaban J connectivity index is 1.78. The number of fused-ring (bicyclic) bond motifs is 1. The van der Waals surface area contributed by atoms with Crippen molar-refractivity contribution in [3.63, 3.8) is 0 Å². The van der Waals surface area contributed by atoms with Gasteiger partial charge in [-0.1, -0.05) is 24.3 Å². The zero-order valence-electron chi connectivity index (χ0n) is 22.8. The van der Waals surface area contributed by atoms with E-state index in [0.717, 1.165) is 24.8 Å². The number of benzene rings is 2. The third-order valence-corrected chi connectivity index (χ3v) is 7.09. The number of nitrogens with zero attached hydrogens (tertiary/aromatic N) is 4. The highest BCUT2D eigenvalue weighted by Gasteiger charge is 2.38. The molecule has 10 nitrogen and oxygen atoms in total. The van der Waals surface area contributed by atoms with Gasteiger partial charge in [-0.25, -0.2) is 4.68 Å². The summed E-state index contributed by atoms with van der Waals surface area (Å²) >= 11 is 0. The molecule has 0 unspecified atom stereocenters. The number of nitrogens with one attached hydrogen (secondary N) is 1. The summed E-state index contributed by atoms with van der Waals surface area (Å²) in [6, 6.07) is 11.8. The van der Waals surface area contributed by atoms with E-state index in [9.17, 15) is 9.59 Å². The second kappa shape index (κ2) is 11.8. The van der Waals surface area contributed by atoms with Crippen molar-refractivity contribution in [3.8, 4) is 11.5 Å². The van der Waals surface area contributed by atoms with Crippen LogP contribution in [-0.2, 0) is 20.9 Å². The van der Waals surface area contributed by atoms with Gasteiger partial charge < -0.3 is 24.4 Å². The number of hydrogen-bond donors (Lipinski definition) is 1. The minimum Gasteiger partial charge on any atom is -0.497 e. The predicted octanol–water partition coefficient (Wildman–Crippen LogP) is 3.50. The molecule has 0 spiro atoms. The van der Waals surface area contributed by atoms with Gasteiger partial charge in [0, 0.05) is 30.3 Å². The van der Waals surface area contributed by atoms with Crippen LogP contribution in [-0.4, -0.2) is 70.7 Å². The molecule has 3 aromatic rings. The van der Waals surface area contributed by atoms with Crippen molar-refractivity contribution in [2.75, 3.05) is 27.4 Å². The molecule has 204 valence electrons. The van der Waals surface area contributed by atoms with Crippen molar-refractivity contribution in [3.05, 3.63) is 48.0 Å². The lowest BCUT2D eigenvalue weighted by Crippen LogP contribution is -2.52. The van der Waals surface area contributed by atoms with Gasteiger partial charge >= 0.3 is 0 Å². The molecule has 1 saturated heterocycles. The number of carbonyl (C=O) groups excluding carboxylic acids is 2. The Kier molecular flexibility index (Phi) is 8.51. The lowest BCUT2D eigenvalue weighted by Gasteiger charge is -2.36. The van der Waals surface area contributed by atoms with Crippen LogP contribution in [0.2, 0.25) is 0 Å². The summed E-state index contributed by atoms with van der Waals surface area (Å²) in [4.78, 5) is 29.7. The molecule has 10 heteroatoms. The highest BCUT2D eigenvalue weighted by Crippen LogP contribution is 2.35. The molecule has 1 fully saturated rings. The SMILES string of the molecule is CCC(C)(C)NC(=O)[C@@H](c1ccc(OC)cc1OC)N(C[C@@H]1CCCO1)C(=O)Cn1nnc2ccccc21. The Labute approximate surface area is 223 Å². The molecule has 1 aromatic heterocycles. The average Bonchev–Trinajstić information content (AvgIpc) is 3.58. The Hall–Kier alpha value is -3.66. The van der Waals surface area contributed by atoms with Gasteiger partial charge in [-0.05, 0) is 57.4 Å². The molecule has 1 aliphatic heterocycles. The summed E-state index contributed by atoms with van der Waals surface area (Å²) in [6.07, 6.45) is 2.26. The van der Waals surface area contributed by atoms with Gasteiger partial charge in [-0.3, -0.25) is 9.59 Å². The molecule has 2 amide bonds. The fourth-order valence-corrected chi connectivity index (χ4v) is 4.60. The summed E-state index contributed by atoms with van der Waals surface area (Å²) in [7, 11) is 3.11. The van der Waals surface area contributed by atoms with Crippen LogP contribution >= 0.6 is 0 Å². The third-order valence-electron chi connectivity index (χ3n) is 7.09. The number of ether oxygens (including phenoxy) is 3. The summed E-state index contributed by atoms with van der Waals surface area (Å²) in [5, 5.41) is 11.5. The lowest BCUT2D eigenvalue weighted by molar-refractivity contribution is -0.144. The minimum atomic E-state index is -0.965. The van der Waals surface area contributed by atoms with Crippen LogP contribution < -0.4 is 14.8 Å². The van der Waals surface area contributed by atoms with Gasteiger partial charge in [0.15, 0.2) is 0 Å². The van der Waals surface area contributed by atoms with Crippen LogP contribution in [0.4, 0.5) is 0 Å². The topological polar surface area (TPSA) is 108 Å². The van der Waals surface area contributed by atoms with E-state index >= 15 is 0 Å². The number of methoxy groups -OCH3 is 2. The predicted molar refractivity (Wildman–Crippen MR) is 143 cm³/mol. The standard InChI is InChI=1S/C28H37N5O5/c1-6-28(2,3)29-27(35)26(21-14-13-19(36-4)16-24(21)37-5)32(17-20-10-9-15-38-20)25(34)18-33-23-12-8-7-11-22(23)30-31-33/h7-8,11-14,16,20,26H,6,9-10,15,17-18H2,1-5H3,(H,29,35)/t20-,26+/m0/s1. The van der Waals surface area contributed by atoms with Crippen molar-refractivity contribution < 1.29 is 23.8 Å². The average molecular weight is 524 g/mol. The van der Waals surface area contributed by atoms with Crippen molar-refractivity contribution in [2.45, 2.75) is 64.3 Å². The maximum atomic E-state index is 14.1. The smallest absolute Gasteiger partial charge is 0.248 e. The van der Waals surface area contributed by atoms with Crippen LogP contribution in [0.5, 0.6) is 11.5 Å². The van der Waals surface area contributed by atoms with E-state index in [-0.39, 0.29) is 31.0 Å². The summed E-state index contributed by atoms with van der Waals surface area (Å²) in [6.45, 7) is 6.74. The first-order chi connectivity index (χ1) is 18.3. The van der Waals surface area contributed by atoms with E-state index in [2.05, 4.69) is 15.6 Å². The number of carbonyl (C=O) groups is 2. The van der Waals surface area contributed by atoms with Gasteiger partial charge in [0.05, 0.1) is 25.8 Å². The molecule has 2 heterocycles. The van der Waals surface area contributed by atoms with Gasteiger partial charge in [0.1, 0.15) is 29.6 Å². The molecule has 2 atom stereocenters. The zero-order chi connectivity index (χ0) is 27.3. The molecular formula is C28H37N5O5. The number of rotatable bonds is 11. The largest absolute Gasteiger partial charge is 0.497 e. The molecule has 0 aliphatic carbocycles. The highest BCUT2D eigenvalue weighted by atomic mass is 16.5. The summed E-state index contributed by atoms with van der Waals surface area (Å²) < 4.78 is 18.5. The fraction of sp³-hybridized carbons (Fsp3) is 0.500. The Morgan fingerprint density at radius 3 is 2.68 bits per heavy atom. The Morgan fingerprint density at radius 2 is 2.00 bits per heavy atom. The molecule has 4 rings (SSSR count). The first-order valence-corrected chi connectivity index (χ1v) is 13.0. The van der Waals surface area contributed by atoms with Crippen molar-refractivity contribution in [1.82, 2.24) is 25.2 Å². The van der Waals surface area contributed by atoms with Gasteiger partial charge in [0.25, 0.3) is 0 Å². The Bertz CT molecular complexity index is 1270. The molecule has 1 N–H and O–H groups in total.